The van der Waals surface area contributed by atoms with Crippen molar-refractivity contribution in [2.24, 2.45) is 23.2 Å². The molecule has 4 atom stereocenters. The number of esters is 1. The van der Waals surface area contributed by atoms with Gasteiger partial charge in [0.25, 0.3) is 5.56 Å². The summed E-state index contributed by atoms with van der Waals surface area (Å²) < 4.78 is 12.2. The first kappa shape index (κ1) is 19.2. The Labute approximate surface area is 168 Å². The smallest absolute Gasteiger partial charge is 0.317 e. The van der Waals surface area contributed by atoms with Crippen LogP contribution in [-0.2, 0) is 9.53 Å². The molecule has 0 radical (unpaired) electrons. The fourth-order valence-electron chi connectivity index (χ4n) is 6.43. The largest absolute Gasteiger partial charge is 0.426 e. The van der Waals surface area contributed by atoms with Crippen LogP contribution in [-0.4, -0.2) is 50.8 Å². The van der Waals surface area contributed by atoms with Gasteiger partial charge in [-0.15, -0.1) is 0 Å². The van der Waals surface area contributed by atoms with Crippen LogP contribution >= 0.6 is 0 Å². The summed E-state index contributed by atoms with van der Waals surface area (Å²) in [6, 6.07) is 2.70. The molecule has 0 amide bonds. The normalized spacial score (nSPS) is 42.9. The molecular formula is C21H27NO7. The molecule has 4 saturated carbocycles. The topological polar surface area (TPSA) is 118 Å². The average Bonchev–Trinajstić information content (AvgIpc) is 2.95. The Bertz CT molecular complexity index is 830. The van der Waals surface area contributed by atoms with Gasteiger partial charge in [0.2, 0.25) is 0 Å². The second-order valence-corrected chi connectivity index (χ2v) is 9.42. The number of aromatic nitrogens is 1. The van der Waals surface area contributed by atoms with Gasteiger partial charge >= 0.3 is 5.97 Å². The number of aliphatic hydroxyl groups is 3. The molecule has 4 aliphatic carbocycles. The van der Waals surface area contributed by atoms with Gasteiger partial charge in [0.05, 0.1) is 12.0 Å². The third-order valence-corrected chi connectivity index (χ3v) is 7.39. The highest BCUT2D eigenvalue weighted by Gasteiger charge is 2.55. The van der Waals surface area contributed by atoms with Gasteiger partial charge in [-0.1, -0.05) is 0 Å². The van der Waals surface area contributed by atoms with Crippen LogP contribution in [0.4, 0.5) is 0 Å². The second-order valence-electron chi connectivity index (χ2n) is 9.42. The van der Waals surface area contributed by atoms with Crippen LogP contribution in [0.15, 0.2) is 23.1 Å². The van der Waals surface area contributed by atoms with E-state index in [1.165, 1.54) is 37.6 Å². The summed E-state index contributed by atoms with van der Waals surface area (Å²) in [7, 11) is 0. The van der Waals surface area contributed by atoms with Gasteiger partial charge in [0.1, 0.15) is 24.1 Å². The van der Waals surface area contributed by atoms with E-state index in [0.717, 1.165) is 23.8 Å². The zero-order chi connectivity index (χ0) is 20.3. The van der Waals surface area contributed by atoms with Crippen LogP contribution < -0.4 is 10.3 Å². The van der Waals surface area contributed by atoms with Gasteiger partial charge < -0.3 is 24.8 Å². The highest BCUT2D eigenvalue weighted by molar-refractivity contribution is 5.79. The molecule has 4 bridgehead atoms. The van der Waals surface area contributed by atoms with Crippen LogP contribution in [0.2, 0.25) is 0 Å². The molecule has 2 heterocycles. The fourth-order valence-corrected chi connectivity index (χ4v) is 6.43. The molecule has 3 N–H and O–H groups in total. The SMILES string of the molecule is O=C(Oc1ccn([C@@H]2O[C@@H](CO)[C@@H](O)[C@H]2O)c(=O)c1)C12CC3CC(CC(C3)C1)C2. The van der Waals surface area contributed by atoms with Crippen molar-refractivity contribution in [2.45, 2.75) is 63.1 Å². The maximum Gasteiger partial charge on any atom is 0.317 e. The molecular weight excluding hydrogens is 378 g/mol. The number of nitrogens with zero attached hydrogens (tertiary/aromatic N) is 1. The van der Waals surface area contributed by atoms with Crippen molar-refractivity contribution in [3.8, 4) is 5.75 Å². The predicted octanol–water partition coefficient (Wildman–Crippen LogP) is 0.582. The number of aliphatic hydroxyl groups excluding tert-OH is 3. The van der Waals surface area contributed by atoms with Crippen molar-refractivity contribution in [3.05, 3.63) is 28.7 Å². The molecule has 0 aromatic carbocycles. The van der Waals surface area contributed by atoms with Gasteiger partial charge in [-0.3, -0.25) is 14.2 Å². The number of carbonyl (C=O) groups is 1. The molecule has 5 aliphatic rings. The first-order chi connectivity index (χ1) is 13.9. The van der Waals surface area contributed by atoms with Crippen molar-refractivity contribution in [2.75, 3.05) is 6.61 Å². The molecule has 1 aromatic rings. The lowest BCUT2D eigenvalue weighted by Gasteiger charge is -2.55. The van der Waals surface area contributed by atoms with Crippen molar-refractivity contribution in [3.63, 3.8) is 0 Å². The molecule has 1 aromatic heterocycles. The molecule has 158 valence electrons. The number of carbonyl (C=O) groups excluding carboxylic acids is 1. The molecule has 5 fully saturated rings. The molecule has 0 spiro atoms. The zero-order valence-electron chi connectivity index (χ0n) is 16.1. The molecule has 29 heavy (non-hydrogen) atoms. The second kappa shape index (κ2) is 6.91. The lowest BCUT2D eigenvalue weighted by atomic mass is 9.49. The third-order valence-electron chi connectivity index (χ3n) is 7.39. The Morgan fingerprint density at radius 3 is 2.28 bits per heavy atom. The standard InChI is InChI=1S/C21H27NO7/c23-10-15-17(25)18(26)19(29-15)22-2-1-14(6-16(22)24)28-20(27)21-7-11-3-12(8-21)5-13(4-11)9-21/h1-2,6,11-13,15,17-19,23,25-26H,3-5,7-10H2/t11?,12?,13?,15-,17+,18+,19+,21?/m0/s1. The quantitative estimate of drug-likeness (QED) is 0.627. The fraction of sp³-hybridized carbons (Fsp3) is 0.714. The minimum atomic E-state index is -1.34. The van der Waals surface area contributed by atoms with E-state index >= 15 is 0 Å². The van der Waals surface area contributed by atoms with Crippen LogP contribution in [0.25, 0.3) is 0 Å². The molecule has 1 saturated heterocycles. The highest BCUT2D eigenvalue weighted by atomic mass is 16.6. The summed E-state index contributed by atoms with van der Waals surface area (Å²) in [6.07, 6.45) is 3.03. The Kier molecular flexibility index (Phi) is 4.58. The number of pyridine rings is 1. The van der Waals surface area contributed by atoms with Gasteiger partial charge in [-0.25, -0.2) is 0 Å². The van der Waals surface area contributed by atoms with E-state index < -0.39 is 42.1 Å². The molecule has 8 nitrogen and oxygen atoms in total. The van der Waals surface area contributed by atoms with Crippen molar-refractivity contribution in [1.29, 1.82) is 0 Å². The van der Waals surface area contributed by atoms with Crippen LogP contribution in [0.3, 0.4) is 0 Å². The van der Waals surface area contributed by atoms with Crippen molar-refractivity contribution >= 4 is 5.97 Å². The molecule has 8 heteroatoms. The van der Waals surface area contributed by atoms with E-state index in [0.29, 0.717) is 17.8 Å². The van der Waals surface area contributed by atoms with E-state index in [4.69, 9.17) is 9.47 Å². The van der Waals surface area contributed by atoms with Crippen molar-refractivity contribution < 1.29 is 29.6 Å². The predicted molar refractivity (Wildman–Crippen MR) is 100.0 cm³/mol. The highest BCUT2D eigenvalue weighted by Crippen LogP contribution is 2.60. The Balaban J connectivity index is 1.33. The summed E-state index contributed by atoms with van der Waals surface area (Å²) in [4.78, 5) is 25.6. The van der Waals surface area contributed by atoms with Gasteiger partial charge in [-0.05, 0) is 62.3 Å². The van der Waals surface area contributed by atoms with E-state index in [1.807, 2.05) is 0 Å². The number of hydrogen-bond donors (Lipinski definition) is 3. The number of ether oxygens (including phenoxy) is 2. The minimum absolute atomic E-state index is 0.179. The Hall–Kier alpha value is -1.74. The number of hydrogen-bond acceptors (Lipinski definition) is 7. The van der Waals surface area contributed by atoms with Crippen LogP contribution in [0.1, 0.15) is 44.8 Å². The molecule has 1 aliphatic heterocycles. The first-order valence-electron chi connectivity index (χ1n) is 10.5. The van der Waals surface area contributed by atoms with Crippen LogP contribution in [0, 0.1) is 23.2 Å². The lowest BCUT2D eigenvalue weighted by Crippen LogP contribution is -2.51. The van der Waals surface area contributed by atoms with Gasteiger partial charge in [0, 0.05) is 12.3 Å². The van der Waals surface area contributed by atoms with Gasteiger partial charge in [-0.2, -0.15) is 0 Å². The van der Waals surface area contributed by atoms with Crippen LogP contribution in [0.5, 0.6) is 5.75 Å². The Morgan fingerprint density at radius 1 is 1.14 bits per heavy atom. The summed E-state index contributed by atoms with van der Waals surface area (Å²) in [5, 5.41) is 29.2. The van der Waals surface area contributed by atoms with Crippen molar-refractivity contribution in [1.82, 2.24) is 4.57 Å². The van der Waals surface area contributed by atoms with E-state index in [2.05, 4.69) is 0 Å². The average molecular weight is 405 g/mol. The summed E-state index contributed by atoms with van der Waals surface area (Å²) >= 11 is 0. The van der Waals surface area contributed by atoms with E-state index in [-0.39, 0.29) is 11.7 Å². The summed E-state index contributed by atoms with van der Waals surface area (Å²) in [5.41, 5.74) is -0.928. The lowest BCUT2D eigenvalue weighted by molar-refractivity contribution is -0.161. The Morgan fingerprint density at radius 2 is 1.76 bits per heavy atom. The zero-order valence-corrected chi connectivity index (χ0v) is 16.1. The monoisotopic (exact) mass is 405 g/mol. The van der Waals surface area contributed by atoms with E-state index in [1.54, 1.807) is 0 Å². The maximum absolute atomic E-state index is 13.0. The minimum Gasteiger partial charge on any atom is -0.426 e. The van der Waals surface area contributed by atoms with Gasteiger partial charge in [0.15, 0.2) is 6.23 Å². The molecule has 0 unspecified atom stereocenters. The first-order valence-corrected chi connectivity index (χ1v) is 10.5. The number of rotatable bonds is 4. The summed E-state index contributed by atoms with van der Waals surface area (Å²) in [6.45, 7) is -0.468. The molecule has 6 rings (SSSR count). The third kappa shape index (κ3) is 3.13. The summed E-state index contributed by atoms with van der Waals surface area (Å²) in [5.74, 6) is 1.80. The van der Waals surface area contributed by atoms with E-state index in [9.17, 15) is 24.9 Å². The maximum atomic E-state index is 13.0.